The fourth-order valence-corrected chi connectivity index (χ4v) is 1.80. The molecule has 1 aromatic carbocycles. The van der Waals surface area contributed by atoms with Gasteiger partial charge in [-0.2, -0.15) is 0 Å². The Kier molecular flexibility index (Phi) is 5.36. The van der Waals surface area contributed by atoms with Gasteiger partial charge in [0.2, 0.25) is 11.7 Å². The van der Waals surface area contributed by atoms with E-state index in [0.29, 0.717) is 16.9 Å². The lowest BCUT2D eigenvalue weighted by atomic mass is 9.95. The summed E-state index contributed by atoms with van der Waals surface area (Å²) in [5.41, 5.74) is 0.994. The number of nitrogens with zero attached hydrogens (tertiary/aromatic N) is 1. The molecule has 1 heterocycles. The van der Waals surface area contributed by atoms with Crippen LogP contribution < -0.4 is 5.32 Å². The molecule has 2 aromatic rings. The Morgan fingerprint density at radius 2 is 1.80 bits per heavy atom. The van der Waals surface area contributed by atoms with Crippen LogP contribution in [0, 0.1) is 12.3 Å². The summed E-state index contributed by atoms with van der Waals surface area (Å²) in [6, 6.07) is 7.80. The van der Waals surface area contributed by atoms with E-state index in [4.69, 9.17) is 9.26 Å². The molecule has 0 fully saturated rings. The Bertz CT molecular complexity index is 785. The van der Waals surface area contributed by atoms with Gasteiger partial charge in [0.1, 0.15) is 0 Å². The number of rotatable bonds is 5. The number of carbonyl (C=O) groups excluding carboxylic acids is 3. The van der Waals surface area contributed by atoms with Crippen molar-refractivity contribution in [1.29, 1.82) is 0 Å². The molecule has 0 aliphatic carbocycles. The Balaban J connectivity index is 1.92. The van der Waals surface area contributed by atoms with E-state index in [1.54, 1.807) is 31.2 Å². The van der Waals surface area contributed by atoms with Gasteiger partial charge in [0.25, 0.3) is 0 Å². The number of anilines is 1. The number of nitrogens with one attached hydrogen (secondary N) is 1. The molecule has 1 aromatic heterocycles. The molecule has 1 amide bonds. The maximum Gasteiger partial charge on any atom is 0.377 e. The largest absolute Gasteiger partial charge is 0.451 e. The maximum absolute atomic E-state index is 12.1. The minimum absolute atomic E-state index is 0.0504. The average molecular weight is 344 g/mol. The number of benzene rings is 1. The van der Waals surface area contributed by atoms with E-state index in [9.17, 15) is 14.4 Å². The van der Waals surface area contributed by atoms with Crippen molar-refractivity contribution < 1.29 is 23.6 Å². The van der Waals surface area contributed by atoms with Gasteiger partial charge in [0.15, 0.2) is 12.4 Å². The quantitative estimate of drug-likeness (QED) is 0.661. The summed E-state index contributed by atoms with van der Waals surface area (Å²) in [4.78, 5) is 35.7. The van der Waals surface area contributed by atoms with Crippen LogP contribution in [-0.2, 0) is 9.53 Å². The highest BCUT2D eigenvalue weighted by Crippen LogP contribution is 2.18. The molecule has 0 atom stereocenters. The topological polar surface area (TPSA) is 98.5 Å². The van der Waals surface area contributed by atoms with Crippen LogP contribution in [0.15, 0.2) is 34.9 Å². The van der Waals surface area contributed by atoms with E-state index in [1.165, 1.54) is 6.07 Å². The average Bonchev–Trinajstić information content (AvgIpc) is 2.98. The first-order valence-corrected chi connectivity index (χ1v) is 7.72. The Labute approximate surface area is 145 Å². The normalized spacial score (nSPS) is 11.0. The van der Waals surface area contributed by atoms with E-state index in [-0.39, 0.29) is 17.5 Å². The van der Waals surface area contributed by atoms with Crippen molar-refractivity contribution in [2.75, 3.05) is 11.9 Å². The predicted molar refractivity (Wildman–Crippen MR) is 90.4 cm³/mol. The van der Waals surface area contributed by atoms with Crippen LogP contribution in [0.5, 0.6) is 0 Å². The van der Waals surface area contributed by atoms with Crippen LogP contribution in [0.4, 0.5) is 5.69 Å². The van der Waals surface area contributed by atoms with Gasteiger partial charge < -0.3 is 14.6 Å². The third-order valence-electron chi connectivity index (χ3n) is 3.31. The van der Waals surface area contributed by atoms with Crippen molar-refractivity contribution in [2.24, 2.45) is 5.41 Å². The highest BCUT2D eigenvalue weighted by molar-refractivity contribution is 6.00. The van der Waals surface area contributed by atoms with Gasteiger partial charge in [0.05, 0.1) is 5.69 Å². The summed E-state index contributed by atoms with van der Waals surface area (Å²) in [7, 11) is 0. The first-order chi connectivity index (χ1) is 11.7. The molecule has 0 aliphatic rings. The van der Waals surface area contributed by atoms with Crippen molar-refractivity contribution in [2.45, 2.75) is 27.7 Å². The number of amides is 1. The summed E-state index contributed by atoms with van der Waals surface area (Å²) in [6.07, 6.45) is 0. The number of hydrogen-bond donors (Lipinski definition) is 1. The van der Waals surface area contributed by atoms with Crippen molar-refractivity contribution in [3.05, 3.63) is 47.3 Å². The molecule has 25 heavy (non-hydrogen) atoms. The molecular weight excluding hydrogens is 324 g/mol. The molecule has 0 saturated heterocycles. The molecule has 0 saturated carbocycles. The van der Waals surface area contributed by atoms with Crippen molar-refractivity contribution in [1.82, 2.24) is 5.16 Å². The van der Waals surface area contributed by atoms with Crippen LogP contribution in [0.25, 0.3) is 0 Å². The zero-order valence-corrected chi connectivity index (χ0v) is 14.6. The van der Waals surface area contributed by atoms with Crippen LogP contribution in [0.2, 0.25) is 0 Å². The number of ketones is 1. The third kappa shape index (κ3) is 5.00. The second kappa shape index (κ2) is 7.29. The van der Waals surface area contributed by atoms with Gasteiger partial charge in [-0.15, -0.1) is 0 Å². The highest BCUT2D eigenvalue weighted by atomic mass is 16.6. The summed E-state index contributed by atoms with van der Waals surface area (Å²) >= 11 is 0. The Hall–Kier alpha value is -2.96. The molecule has 132 valence electrons. The molecule has 0 unspecified atom stereocenters. The minimum Gasteiger partial charge on any atom is -0.451 e. The number of aryl methyl sites for hydroxylation is 1. The molecule has 0 radical (unpaired) electrons. The lowest BCUT2D eigenvalue weighted by Crippen LogP contribution is -2.27. The number of hydrogen-bond acceptors (Lipinski definition) is 6. The highest BCUT2D eigenvalue weighted by Gasteiger charge is 2.21. The van der Waals surface area contributed by atoms with Crippen molar-refractivity contribution >= 4 is 23.3 Å². The fraction of sp³-hybridized carbons (Fsp3) is 0.333. The zero-order chi connectivity index (χ0) is 18.6. The van der Waals surface area contributed by atoms with E-state index in [2.05, 4.69) is 10.5 Å². The minimum atomic E-state index is -0.747. The lowest BCUT2D eigenvalue weighted by Gasteiger charge is -2.17. The number of aromatic nitrogens is 1. The molecule has 7 heteroatoms. The molecule has 0 bridgehead atoms. The third-order valence-corrected chi connectivity index (χ3v) is 3.31. The molecule has 0 spiro atoms. The number of carbonyl (C=O) groups is 3. The van der Waals surface area contributed by atoms with Gasteiger partial charge >= 0.3 is 5.97 Å². The predicted octanol–water partition coefficient (Wildman–Crippen LogP) is 3.01. The zero-order valence-electron chi connectivity index (χ0n) is 14.6. The molecule has 7 nitrogen and oxygen atoms in total. The molecule has 1 N–H and O–H groups in total. The van der Waals surface area contributed by atoms with E-state index >= 15 is 0 Å². The number of esters is 1. The number of ether oxygens (including phenoxy) is 1. The SMILES string of the molecule is Cc1cc(C(=O)OCC(=O)c2ccc(NC(=O)C(C)(C)C)cc2)on1. The molecule has 0 aliphatic heterocycles. The lowest BCUT2D eigenvalue weighted by molar-refractivity contribution is -0.123. The second-order valence-corrected chi connectivity index (χ2v) is 6.61. The van der Waals surface area contributed by atoms with E-state index in [0.717, 1.165) is 0 Å². The Morgan fingerprint density at radius 1 is 1.16 bits per heavy atom. The van der Waals surface area contributed by atoms with E-state index in [1.807, 2.05) is 20.8 Å². The summed E-state index contributed by atoms with van der Waals surface area (Å²) < 4.78 is 9.67. The van der Waals surface area contributed by atoms with Crippen molar-refractivity contribution in [3.63, 3.8) is 0 Å². The van der Waals surface area contributed by atoms with Gasteiger partial charge in [-0.1, -0.05) is 25.9 Å². The number of Topliss-reactive ketones (excluding diaryl/α,β-unsaturated/α-hetero) is 1. The standard InChI is InChI=1S/C18H20N2O5/c1-11-9-15(25-20-11)16(22)24-10-14(21)12-5-7-13(8-6-12)19-17(23)18(2,3)4/h5-9H,10H2,1-4H3,(H,19,23). The summed E-state index contributed by atoms with van der Waals surface area (Å²) in [6.45, 7) is 6.69. The van der Waals surface area contributed by atoms with Gasteiger partial charge in [-0.25, -0.2) is 4.79 Å². The second-order valence-electron chi connectivity index (χ2n) is 6.61. The van der Waals surface area contributed by atoms with Gasteiger partial charge in [0, 0.05) is 22.7 Å². The van der Waals surface area contributed by atoms with Crippen LogP contribution >= 0.6 is 0 Å². The van der Waals surface area contributed by atoms with E-state index < -0.39 is 18.0 Å². The smallest absolute Gasteiger partial charge is 0.377 e. The van der Waals surface area contributed by atoms with Crippen LogP contribution in [0.3, 0.4) is 0 Å². The van der Waals surface area contributed by atoms with Gasteiger partial charge in [-0.3, -0.25) is 9.59 Å². The summed E-state index contributed by atoms with van der Waals surface area (Å²) in [5.74, 6) is -1.28. The monoisotopic (exact) mass is 344 g/mol. The molecule has 2 rings (SSSR count). The van der Waals surface area contributed by atoms with Gasteiger partial charge in [-0.05, 0) is 31.2 Å². The van der Waals surface area contributed by atoms with Crippen LogP contribution in [0.1, 0.15) is 47.4 Å². The van der Waals surface area contributed by atoms with Crippen molar-refractivity contribution in [3.8, 4) is 0 Å². The fourth-order valence-electron chi connectivity index (χ4n) is 1.80. The Morgan fingerprint density at radius 3 is 2.32 bits per heavy atom. The first-order valence-electron chi connectivity index (χ1n) is 7.72. The first kappa shape index (κ1) is 18.4. The molecular formula is C18H20N2O5. The maximum atomic E-state index is 12.1. The van der Waals surface area contributed by atoms with Crippen LogP contribution in [-0.4, -0.2) is 29.4 Å². The summed E-state index contributed by atoms with van der Waals surface area (Å²) in [5, 5.41) is 6.35.